The molecule has 0 aliphatic rings. The summed E-state index contributed by atoms with van der Waals surface area (Å²) in [5, 5.41) is 9.32. The van der Waals surface area contributed by atoms with E-state index in [1.165, 1.54) is 0 Å². The van der Waals surface area contributed by atoms with Crippen LogP contribution in [0.1, 0.15) is 22.3 Å². The maximum Gasteiger partial charge on any atom is 0.363 e. The van der Waals surface area contributed by atoms with Gasteiger partial charge in [0.15, 0.2) is 5.75 Å². The summed E-state index contributed by atoms with van der Waals surface area (Å²) in [5.74, 6) is 0.631. The first kappa shape index (κ1) is 16.6. The molecule has 0 aromatic heterocycles. The Morgan fingerprint density at radius 1 is 1.09 bits per heavy atom. The molecule has 1 unspecified atom stereocenters. The molecule has 0 aliphatic heterocycles. The molecule has 118 valence electrons. The van der Waals surface area contributed by atoms with Crippen LogP contribution in [-0.4, -0.2) is 16.7 Å². The molecule has 2 aromatic rings. The zero-order valence-electron chi connectivity index (χ0n) is 12.7. The lowest BCUT2D eigenvalue weighted by molar-refractivity contribution is -0.107. The molecule has 0 fully saturated rings. The second-order valence-electron chi connectivity index (χ2n) is 5.34. The minimum absolute atomic E-state index is 0.242. The summed E-state index contributed by atoms with van der Waals surface area (Å²) in [6.07, 6.45) is 0.728. The molecule has 0 heterocycles. The number of hydrogen-bond donors (Lipinski definition) is 2. The van der Waals surface area contributed by atoms with Gasteiger partial charge in [0, 0.05) is 6.66 Å². The van der Waals surface area contributed by atoms with Gasteiger partial charge < -0.3 is 14.9 Å². The van der Waals surface area contributed by atoms with Crippen LogP contribution in [0.5, 0.6) is 11.5 Å². The van der Waals surface area contributed by atoms with Crippen LogP contribution < -0.4 is 4.89 Å². The van der Waals surface area contributed by atoms with Gasteiger partial charge in [0.25, 0.3) is 0 Å². The fourth-order valence-electron chi connectivity index (χ4n) is 2.21. The maximum absolute atomic E-state index is 11.1. The average Bonchev–Trinajstić information content (AvgIpc) is 2.42. The Morgan fingerprint density at radius 3 is 2.14 bits per heavy atom. The molecule has 0 saturated carbocycles. The number of aromatic hydroxyl groups is 1. The third kappa shape index (κ3) is 4.60. The molecule has 0 amide bonds. The third-order valence-corrected chi connectivity index (χ3v) is 3.61. The van der Waals surface area contributed by atoms with Crippen LogP contribution in [0.15, 0.2) is 36.4 Å². The molecule has 0 bridgehead atoms. The van der Waals surface area contributed by atoms with Crippen LogP contribution in [0.25, 0.3) is 0 Å². The Morgan fingerprint density at radius 2 is 1.64 bits per heavy atom. The molecule has 6 heteroatoms. The van der Waals surface area contributed by atoms with E-state index in [1.54, 1.807) is 24.3 Å². The fourth-order valence-corrected chi connectivity index (χ4v) is 2.44. The SMILES string of the molecule is Cc1cc(OOP(C)(=O)O)cc(C)c1Cc1ccc(O)cc1. The lowest BCUT2D eigenvalue weighted by Gasteiger charge is -2.13. The Labute approximate surface area is 129 Å². The molecule has 0 spiro atoms. The van der Waals surface area contributed by atoms with Crippen molar-refractivity contribution in [3.05, 3.63) is 58.7 Å². The van der Waals surface area contributed by atoms with E-state index in [1.807, 2.05) is 26.0 Å². The lowest BCUT2D eigenvalue weighted by atomic mass is 9.96. The van der Waals surface area contributed by atoms with Crippen molar-refractivity contribution in [2.45, 2.75) is 20.3 Å². The number of phenolic OH excluding ortho intramolecular Hbond substituents is 1. The summed E-state index contributed by atoms with van der Waals surface area (Å²) < 4.78 is 15.6. The Kier molecular flexibility index (Phi) is 4.91. The standard InChI is InChI=1S/C16H19O5P/c1-11-8-15(20-21-22(3,18)19)9-12(2)16(11)10-13-4-6-14(17)7-5-13/h4-9,17H,10H2,1-3H3,(H,18,19). The highest BCUT2D eigenvalue weighted by Crippen LogP contribution is 2.37. The highest BCUT2D eigenvalue weighted by molar-refractivity contribution is 7.51. The fraction of sp³-hybridized carbons (Fsp3) is 0.250. The molecule has 0 saturated heterocycles. The van der Waals surface area contributed by atoms with Gasteiger partial charge in [-0.3, -0.25) is 4.57 Å². The van der Waals surface area contributed by atoms with Gasteiger partial charge in [0.1, 0.15) is 5.75 Å². The molecular formula is C16H19O5P. The van der Waals surface area contributed by atoms with Gasteiger partial charge in [-0.1, -0.05) is 12.1 Å². The monoisotopic (exact) mass is 322 g/mol. The number of aryl methyl sites for hydroxylation is 2. The molecule has 0 radical (unpaired) electrons. The van der Waals surface area contributed by atoms with Crippen LogP contribution in [0.3, 0.4) is 0 Å². The quantitative estimate of drug-likeness (QED) is 0.498. The maximum atomic E-state index is 11.1. The van der Waals surface area contributed by atoms with E-state index in [4.69, 9.17) is 9.78 Å². The van der Waals surface area contributed by atoms with E-state index < -0.39 is 7.60 Å². The molecule has 2 N–H and O–H groups in total. The highest BCUT2D eigenvalue weighted by Gasteiger charge is 2.14. The van der Waals surface area contributed by atoms with E-state index in [9.17, 15) is 9.67 Å². The van der Waals surface area contributed by atoms with Gasteiger partial charge in [-0.05, 0) is 66.8 Å². The van der Waals surface area contributed by atoms with E-state index >= 15 is 0 Å². The first-order valence-corrected chi connectivity index (χ1v) is 8.81. The Bertz CT molecular complexity index is 680. The first-order valence-electron chi connectivity index (χ1n) is 6.79. The average molecular weight is 322 g/mol. The molecule has 2 rings (SSSR count). The summed E-state index contributed by atoms with van der Waals surface area (Å²) in [7, 11) is -3.68. The minimum Gasteiger partial charge on any atom is -0.508 e. The van der Waals surface area contributed by atoms with E-state index in [2.05, 4.69) is 4.67 Å². The smallest absolute Gasteiger partial charge is 0.363 e. The van der Waals surface area contributed by atoms with Crippen LogP contribution in [0.4, 0.5) is 0 Å². The summed E-state index contributed by atoms with van der Waals surface area (Å²) >= 11 is 0. The Balaban J connectivity index is 2.19. The van der Waals surface area contributed by atoms with Gasteiger partial charge in [0.05, 0.1) is 0 Å². The number of rotatable bonds is 5. The molecule has 2 aromatic carbocycles. The predicted molar refractivity (Wildman–Crippen MR) is 84.3 cm³/mol. The van der Waals surface area contributed by atoms with Crippen molar-refractivity contribution in [2.75, 3.05) is 6.66 Å². The van der Waals surface area contributed by atoms with Crippen LogP contribution in [0, 0.1) is 13.8 Å². The van der Waals surface area contributed by atoms with E-state index in [-0.39, 0.29) is 5.75 Å². The second-order valence-corrected chi connectivity index (χ2v) is 7.09. The Hall–Kier alpha value is -1.81. The van der Waals surface area contributed by atoms with Crippen molar-refractivity contribution in [3.63, 3.8) is 0 Å². The number of benzene rings is 2. The van der Waals surface area contributed by atoms with Gasteiger partial charge >= 0.3 is 7.60 Å². The number of hydrogen-bond acceptors (Lipinski definition) is 4. The van der Waals surface area contributed by atoms with E-state index in [0.29, 0.717) is 5.75 Å². The zero-order chi connectivity index (χ0) is 16.3. The largest absolute Gasteiger partial charge is 0.508 e. The summed E-state index contributed by atoms with van der Waals surface area (Å²) in [5.41, 5.74) is 4.22. The molecule has 0 aliphatic carbocycles. The number of phenols is 1. The van der Waals surface area contributed by atoms with Crippen LogP contribution >= 0.6 is 7.60 Å². The van der Waals surface area contributed by atoms with E-state index in [0.717, 1.165) is 35.3 Å². The highest BCUT2D eigenvalue weighted by atomic mass is 31.2. The third-order valence-electron chi connectivity index (χ3n) is 3.26. The van der Waals surface area contributed by atoms with Crippen LogP contribution in [-0.2, 0) is 15.7 Å². The second kappa shape index (κ2) is 6.53. The van der Waals surface area contributed by atoms with Crippen molar-refractivity contribution in [3.8, 4) is 11.5 Å². The molecular weight excluding hydrogens is 303 g/mol. The molecule has 22 heavy (non-hydrogen) atoms. The van der Waals surface area contributed by atoms with Gasteiger partial charge in [-0.15, -0.1) is 4.67 Å². The predicted octanol–water partition coefficient (Wildman–Crippen LogP) is 3.73. The first-order chi connectivity index (χ1) is 10.2. The summed E-state index contributed by atoms with van der Waals surface area (Å²) in [4.78, 5) is 14.0. The lowest BCUT2D eigenvalue weighted by Crippen LogP contribution is -1.99. The van der Waals surface area contributed by atoms with Crippen molar-refractivity contribution in [1.82, 2.24) is 0 Å². The van der Waals surface area contributed by atoms with Crippen molar-refractivity contribution in [2.24, 2.45) is 0 Å². The minimum atomic E-state index is -3.68. The summed E-state index contributed by atoms with van der Waals surface area (Å²) in [6, 6.07) is 10.6. The zero-order valence-corrected chi connectivity index (χ0v) is 13.6. The normalized spacial score (nSPS) is 13.6. The van der Waals surface area contributed by atoms with Crippen LogP contribution in [0.2, 0.25) is 0 Å². The van der Waals surface area contributed by atoms with Gasteiger partial charge in [0.2, 0.25) is 0 Å². The summed E-state index contributed by atoms with van der Waals surface area (Å²) in [6.45, 7) is 4.95. The molecule has 1 atom stereocenters. The topological polar surface area (TPSA) is 76.0 Å². The van der Waals surface area contributed by atoms with Crippen molar-refractivity contribution in [1.29, 1.82) is 0 Å². The molecule has 5 nitrogen and oxygen atoms in total. The van der Waals surface area contributed by atoms with Gasteiger partial charge in [-0.2, -0.15) is 0 Å². The van der Waals surface area contributed by atoms with Crippen molar-refractivity contribution < 1.29 is 24.1 Å². The van der Waals surface area contributed by atoms with Gasteiger partial charge in [-0.25, -0.2) is 0 Å². The van der Waals surface area contributed by atoms with Crippen molar-refractivity contribution >= 4 is 7.60 Å².